The lowest BCUT2D eigenvalue weighted by atomic mass is 10.1. The first-order valence-corrected chi connectivity index (χ1v) is 4.99. The number of hydrogen-bond acceptors (Lipinski definition) is 2. The van der Waals surface area contributed by atoms with Crippen LogP contribution < -0.4 is 0 Å². The summed E-state index contributed by atoms with van der Waals surface area (Å²) in [6, 6.07) is 2.09. The van der Waals surface area contributed by atoms with Crippen molar-refractivity contribution in [2.24, 2.45) is 5.92 Å². The van der Waals surface area contributed by atoms with Gasteiger partial charge in [-0.05, 0) is 47.6 Å². The Labute approximate surface area is 70.7 Å². The Morgan fingerprint density at radius 2 is 2.45 bits per heavy atom. The van der Waals surface area contributed by atoms with Crippen LogP contribution in [0.15, 0.2) is 16.8 Å². The van der Waals surface area contributed by atoms with E-state index in [-0.39, 0.29) is 6.10 Å². The molecule has 1 aliphatic rings. The number of aliphatic hydroxyl groups excluding tert-OH is 1. The third kappa shape index (κ3) is 1.82. The van der Waals surface area contributed by atoms with E-state index >= 15 is 0 Å². The minimum absolute atomic E-state index is 0.0791. The lowest BCUT2D eigenvalue weighted by Crippen LogP contribution is -2.11. The third-order valence-electron chi connectivity index (χ3n) is 2.19. The average Bonchev–Trinajstić information content (AvgIpc) is 2.73. The lowest BCUT2D eigenvalue weighted by molar-refractivity contribution is 0.152. The monoisotopic (exact) mass is 168 g/mol. The molecule has 1 heterocycles. The Morgan fingerprint density at radius 3 is 3.00 bits per heavy atom. The highest BCUT2D eigenvalue weighted by molar-refractivity contribution is 7.07. The highest BCUT2D eigenvalue weighted by Gasteiger charge is 2.29. The summed E-state index contributed by atoms with van der Waals surface area (Å²) < 4.78 is 0. The van der Waals surface area contributed by atoms with Crippen LogP contribution in [0.3, 0.4) is 0 Å². The highest BCUT2D eigenvalue weighted by Crippen LogP contribution is 2.34. The van der Waals surface area contributed by atoms with E-state index in [0.29, 0.717) is 5.92 Å². The van der Waals surface area contributed by atoms with E-state index in [1.54, 1.807) is 11.3 Å². The van der Waals surface area contributed by atoms with Crippen molar-refractivity contribution in [1.82, 2.24) is 0 Å². The van der Waals surface area contributed by atoms with Gasteiger partial charge in [0.15, 0.2) is 0 Å². The van der Waals surface area contributed by atoms with Gasteiger partial charge in [-0.15, -0.1) is 0 Å². The van der Waals surface area contributed by atoms with Crippen LogP contribution in [0.25, 0.3) is 0 Å². The van der Waals surface area contributed by atoms with E-state index in [1.165, 1.54) is 18.4 Å². The molecule has 1 aliphatic carbocycles. The average molecular weight is 168 g/mol. The summed E-state index contributed by atoms with van der Waals surface area (Å²) in [5.74, 6) is 0.606. The van der Waals surface area contributed by atoms with Crippen LogP contribution in [-0.2, 0) is 6.42 Å². The normalized spacial score (nSPS) is 20.1. The molecule has 0 bridgehead atoms. The molecule has 1 aromatic rings. The van der Waals surface area contributed by atoms with Crippen molar-refractivity contribution in [3.8, 4) is 0 Å². The topological polar surface area (TPSA) is 20.2 Å². The van der Waals surface area contributed by atoms with Gasteiger partial charge in [0, 0.05) is 0 Å². The number of thiophene rings is 1. The lowest BCUT2D eigenvalue weighted by Gasteiger charge is -2.05. The Balaban J connectivity index is 1.89. The van der Waals surface area contributed by atoms with Crippen molar-refractivity contribution in [3.05, 3.63) is 22.4 Å². The molecule has 2 rings (SSSR count). The quantitative estimate of drug-likeness (QED) is 0.732. The standard InChI is InChI=1S/C9H12OS/c10-9(8-1-2-8)5-7-3-4-11-6-7/h3-4,6,8-10H,1-2,5H2. The molecule has 1 unspecified atom stereocenters. The second-order valence-corrected chi connectivity index (χ2v) is 4.02. The Hall–Kier alpha value is -0.340. The van der Waals surface area contributed by atoms with Crippen molar-refractivity contribution in [2.45, 2.75) is 25.4 Å². The van der Waals surface area contributed by atoms with Gasteiger partial charge in [-0.3, -0.25) is 0 Å². The molecule has 1 aromatic heterocycles. The van der Waals surface area contributed by atoms with Crippen LogP contribution in [0.4, 0.5) is 0 Å². The molecule has 0 amide bonds. The van der Waals surface area contributed by atoms with Gasteiger partial charge in [-0.1, -0.05) is 0 Å². The van der Waals surface area contributed by atoms with Crippen LogP contribution in [0.5, 0.6) is 0 Å². The fourth-order valence-electron chi connectivity index (χ4n) is 1.30. The Bertz CT molecular complexity index is 213. The molecule has 1 N–H and O–H groups in total. The van der Waals surface area contributed by atoms with Gasteiger partial charge in [0.1, 0.15) is 0 Å². The van der Waals surface area contributed by atoms with E-state index < -0.39 is 0 Å². The van der Waals surface area contributed by atoms with Crippen molar-refractivity contribution < 1.29 is 5.11 Å². The molecule has 2 heteroatoms. The van der Waals surface area contributed by atoms with Crippen LogP contribution in [0, 0.1) is 5.92 Å². The molecule has 60 valence electrons. The maximum Gasteiger partial charge on any atom is 0.0609 e. The molecule has 1 atom stereocenters. The maximum atomic E-state index is 9.57. The van der Waals surface area contributed by atoms with Gasteiger partial charge >= 0.3 is 0 Å². The van der Waals surface area contributed by atoms with Crippen LogP contribution in [-0.4, -0.2) is 11.2 Å². The van der Waals surface area contributed by atoms with Crippen molar-refractivity contribution in [1.29, 1.82) is 0 Å². The number of aliphatic hydroxyl groups is 1. The predicted octanol–water partition coefficient (Wildman–Crippen LogP) is 2.06. The second kappa shape index (κ2) is 2.95. The summed E-state index contributed by atoms with van der Waals surface area (Å²) in [6.07, 6.45) is 3.23. The summed E-state index contributed by atoms with van der Waals surface area (Å²) in [5, 5.41) is 13.7. The van der Waals surface area contributed by atoms with E-state index in [2.05, 4.69) is 16.8 Å². The summed E-state index contributed by atoms with van der Waals surface area (Å²) in [4.78, 5) is 0. The van der Waals surface area contributed by atoms with Gasteiger partial charge in [-0.2, -0.15) is 11.3 Å². The number of rotatable bonds is 3. The summed E-state index contributed by atoms with van der Waals surface area (Å²) >= 11 is 1.70. The highest BCUT2D eigenvalue weighted by atomic mass is 32.1. The first kappa shape index (κ1) is 7.32. The summed E-state index contributed by atoms with van der Waals surface area (Å²) in [7, 11) is 0. The van der Waals surface area contributed by atoms with E-state index in [0.717, 1.165) is 6.42 Å². The second-order valence-electron chi connectivity index (χ2n) is 3.24. The largest absolute Gasteiger partial charge is 0.392 e. The van der Waals surface area contributed by atoms with E-state index in [1.807, 2.05) is 0 Å². The fraction of sp³-hybridized carbons (Fsp3) is 0.556. The SMILES string of the molecule is OC(Cc1ccsc1)C1CC1. The molecular formula is C9H12OS. The minimum Gasteiger partial charge on any atom is -0.392 e. The van der Waals surface area contributed by atoms with Gasteiger partial charge < -0.3 is 5.11 Å². The molecule has 0 radical (unpaired) electrons. The molecule has 0 aromatic carbocycles. The molecular weight excluding hydrogens is 156 g/mol. The molecule has 0 aliphatic heterocycles. The van der Waals surface area contributed by atoms with Gasteiger partial charge in [0.2, 0.25) is 0 Å². The Kier molecular flexibility index (Phi) is 1.96. The van der Waals surface area contributed by atoms with Gasteiger partial charge in [-0.25, -0.2) is 0 Å². The zero-order valence-corrected chi connectivity index (χ0v) is 7.18. The minimum atomic E-state index is -0.0791. The van der Waals surface area contributed by atoms with E-state index in [9.17, 15) is 5.11 Å². The van der Waals surface area contributed by atoms with Crippen LogP contribution in [0.1, 0.15) is 18.4 Å². The van der Waals surface area contributed by atoms with Crippen LogP contribution >= 0.6 is 11.3 Å². The van der Waals surface area contributed by atoms with E-state index in [4.69, 9.17) is 0 Å². The Morgan fingerprint density at radius 1 is 1.64 bits per heavy atom. The molecule has 1 saturated carbocycles. The first-order chi connectivity index (χ1) is 5.36. The molecule has 1 nitrogen and oxygen atoms in total. The molecule has 0 saturated heterocycles. The summed E-state index contributed by atoms with van der Waals surface area (Å²) in [5.41, 5.74) is 1.29. The maximum absolute atomic E-state index is 9.57. The zero-order chi connectivity index (χ0) is 7.68. The molecule has 0 spiro atoms. The van der Waals surface area contributed by atoms with Gasteiger partial charge in [0.05, 0.1) is 6.10 Å². The molecule has 1 fully saturated rings. The third-order valence-corrected chi connectivity index (χ3v) is 2.92. The molecule has 11 heavy (non-hydrogen) atoms. The van der Waals surface area contributed by atoms with Crippen molar-refractivity contribution in [2.75, 3.05) is 0 Å². The summed E-state index contributed by atoms with van der Waals surface area (Å²) in [6.45, 7) is 0. The fourth-order valence-corrected chi connectivity index (χ4v) is 1.98. The predicted molar refractivity (Wildman–Crippen MR) is 46.8 cm³/mol. The van der Waals surface area contributed by atoms with Crippen molar-refractivity contribution in [3.63, 3.8) is 0 Å². The zero-order valence-electron chi connectivity index (χ0n) is 6.36. The van der Waals surface area contributed by atoms with Crippen LogP contribution in [0.2, 0.25) is 0 Å². The van der Waals surface area contributed by atoms with Crippen molar-refractivity contribution >= 4 is 11.3 Å². The first-order valence-electron chi connectivity index (χ1n) is 4.05. The van der Waals surface area contributed by atoms with Gasteiger partial charge in [0.25, 0.3) is 0 Å². The number of hydrogen-bond donors (Lipinski definition) is 1. The smallest absolute Gasteiger partial charge is 0.0609 e.